The van der Waals surface area contributed by atoms with Crippen molar-refractivity contribution < 1.29 is 28.6 Å². The molecular weight excluding hydrogens is 556 g/mol. The van der Waals surface area contributed by atoms with E-state index in [2.05, 4.69) is 16.9 Å². The van der Waals surface area contributed by atoms with E-state index in [0.29, 0.717) is 11.4 Å². The number of esters is 3. The van der Waals surface area contributed by atoms with Crippen molar-refractivity contribution >= 4 is 17.9 Å². The van der Waals surface area contributed by atoms with Crippen LogP contribution in [0, 0.1) is 0 Å². The number of carbonyl (C=O) groups is 3. The van der Waals surface area contributed by atoms with Crippen LogP contribution in [0.2, 0.25) is 0 Å². The lowest BCUT2D eigenvalue weighted by molar-refractivity contribution is -0.152. The summed E-state index contributed by atoms with van der Waals surface area (Å²) in [6, 6.07) is 12.8. The van der Waals surface area contributed by atoms with Crippen molar-refractivity contribution in [2.24, 2.45) is 0 Å². The number of ether oxygens (including phenoxy) is 3. The molecule has 0 radical (unpaired) electrons. The van der Waals surface area contributed by atoms with E-state index < -0.39 is 24.0 Å². The minimum absolute atomic E-state index is 0.198. The molecule has 0 amide bonds. The first-order chi connectivity index (χ1) is 21.4. The number of hydrogen-bond donors (Lipinski definition) is 0. The van der Waals surface area contributed by atoms with E-state index in [0.717, 1.165) is 24.0 Å². The van der Waals surface area contributed by atoms with E-state index in [-0.39, 0.29) is 17.9 Å². The van der Waals surface area contributed by atoms with Gasteiger partial charge in [0.1, 0.15) is 5.75 Å². The van der Waals surface area contributed by atoms with Crippen LogP contribution in [0.4, 0.5) is 0 Å². The molecule has 0 N–H and O–H groups in total. The van der Waals surface area contributed by atoms with Crippen molar-refractivity contribution in [1.82, 2.24) is 9.97 Å². The number of unbranched alkanes of at least 4 members (excludes halogenated alkanes) is 10. The van der Waals surface area contributed by atoms with Crippen molar-refractivity contribution in [1.29, 1.82) is 0 Å². The number of carbonyl (C=O) groups excluding carboxylic acids is 3. The molecule has 236 valence electrons. The summed E-state index contributed by atoms with van der Waals surface area (Å²) in [5, 5.41) is 0. The molecule has 1 unspecified atom stereocenters. The fourth-order valence-corrected chi connectivity index (χ4v) is 4.74. The Morgan fingerprint density at radius 2 is 1.20 bits per heavy atom. The van der Waals surface area contributed by atoms with Gasteiger partial charge in [0, 0.05) is 18.0 Å². The Morgan fingerprint density at radius 3 is 1.77 bits per heavy atom. The zero-order chi connectivity index (χ0) is 31.6. The lowest BCUT2D eigenvalue weighted by Gasteiger charge is -2.12. The summed E-state index contributed by atoms with van der Waals surface area (Å²) in [5.74, 6) is -0.955. The van der Waals surface area contributed by atoms with Crippen LogP contribution in [-0.4, -0.2) is 40.6 Å². The van der Waals surface area contributed by atoms with Gasteiger partial charge in [-0.05, 0) is 68.7 Å². The van der Waals surface area contributed by atoms with Crippen molar-refractivity contribution in [3.05, 3.63) is 77.6 Å². The highest BCUT2D eigenvalue weighted by Gasteiger charge is 2.20. The average Bonchev–Trinajstić information content (AvgIpc) is 3.04. The standard InChI is InChI=1S/C36H46N2O6/c1-4-6-7-8-9-10-11-12-13-14-15-16-28-25-37-33(38-26-28)29-17-19-30(20-18-29)36(41)44-32-23-21-31(22-24-32)35(40)43-27(3)34(39)42-5-2/h17-27H,4-16H2,1-3H3. The lowest BCUT2D eigenvalue weighted by atomic mass is 10.0. The van der Waals surface area contributed by atoms with Crippen LogP contribution in [0.5, 0.6) is 5.75 Å². The molecule has 0 aliphatic heterocycles. The number of nitrogens with zero attached hydrogens (tertiary/aromatic N) is 2. The predicted octanol–water partition coefficient (Wildman–Crippen LogP) is 8.32. The summed E-state index contributed by atoms with van der Waals surface area (Å²) < 4.78 is 15.4. The normalized spacial score (nSPS) is 11.5. The maximum atomic E-state index is 12.7. The number of aryl methyl sites for hydroxylation is 1. The smallest absolute Gasteiger partial charge is 0.347 e. The van der Waals surface area contributed by atoms with E-state index in [9.17, 15) is 14.4 Å². The molecule has 0 spiro atoms. The van der Waals surface area contributed by atoms with Gasteiger partial charge in [-0.2, -0.15) is 0 Å². The topological polar surface area (TPSA) is 105 Å². The quantitative estimate of drug-likeness (QED) is 0.0766. The number of aromatic nitrogens is 2. The van der Waals surface area contributed by atoms with Crippen LogP contribution >= 0.6 is 0 Å². The van der Waals surface area contributed by atoms with Crippen LogP contribution in [0.25, 0.3) is 11.4 Å². The van der Waals surface area contributed by atoms with E-state index >= 15 is 0 Å². The minimum Gasteiger partial charge on any atom is -0.463 e. The molecule has 1 aromatic heterocycles. The molecule has 2 aromatic carbocycles. The maximum absolute atomic E-state index is 12.7. The van der Waals surface area contributed by atoms with Gasteiger partial charge in [0.05, 0.1) is 17.7 Å². The number of rotatable bonds is 19. The zero-order valence-electron chi connectivity index (χ0n) is 26.4. The Morgan fingerprint density at radius 1 is 0.682 bits per heavy atom. The van der Waals surface area contributed by atoms with Gasteiger partial charge < -0.3 is 14.2 Å². The Bertz CT molecular complexity index is 1290. The highest BCUT2D eigenvalue weighted by atomic mass is 16.6. The second kappa shape index (κ2) is 19.3. The monoisotopic (exact) mass is 602 g/mol. The highest BCUT2D eigenvalue weighted by molar-refractivity contribution is 5.93. The Kier molecular flexibility index (Phi) is 15.1. The van der Waals surface area contributed by atoms with Crippen molar-refractivity contribution in [2.75, 3.05) is 6.61 Å². The molecule has 8 heteroatoms. The van der Waals surface area contributed by atoms with E-state index in [1.54, 1.807) is 31.2 Å². The molecule has 0 fully saturated rings. The molecule has 0 saturated heterocycles. The first kappa shape index (κ1) is 34.4. The highest BCUT2D eigenvalue weighted by Crippen LogP contribution is 2.19. The largest absolute Gasteiger partial charge is 0.463 e. The van der Waals surface area contributed by atoms with E-state index in [4.69, 9.17) is 14.2 Å². The molecule has 3 rings (SSSR count). The summed E-state index contributed by atoms with van der Waals surface area (Å²) in [4.78, 5) is 45.7. The Labute approximate surface area is 261 Å². The minimum atomic E-state index is -1.02. The van der Waals surface area contributed by atoms with E-state index in [1.165, 1.54) is 95.4 Å². The number of benzene rings is 2. The molecule has 44 heavy (non-hydrogen) atoms. The lowest BCUT2D eigenvalue weighted by Crippen LogP contribution is -2.26. The third kappa shape index (κ3) is 11.9. The third-order valence-electron chi connectivity index (χ3n) is 7.36. The second-order valence-corrected chi connectivity index (χ2v) is 11.0. The van der Waals surface area contributed by atoms with Crippen molar-refractivity contribution in [2.45, 2.75) is 104 Å². The molecule has 3 aromatic rings. The molecule has 0 aliphatic carbocycles. The van der Waals surface area contributed by atoms with Crippen LogP contribution in [0.1, 0.15) is 118 Å². The first-order valence-corrected chi connectivity index (χ1v) is 16.0. The fraction of sp³-hybridized carbons (Fsp3) is 0.472. The molecule has 0 saturated carbocycles. The van der Waals surface area contributed by atoms with Gasteiger partial charge in [0.2, 0.25) is 0 Å². The molecule has 0 aliphatic rings. The van der Waals surface area contributed by atoms with Crippen LogP contribution in [0.15, 0.2) is 60.9 Å². The molecule has 1 atom stereocenters. The Hall–Kier alpha value is -4.07. The summed E-state index contributed by atoms with van der Waals surface area (Å²) >= 11 is 0. The summed E-state index contributed by atoms with van der Waals surface area (Å²) in [7, 11) is 0. The van der Waals surface area contributed by atoms with Gasteiger partial charge in [-0.1, -0.05) is 83.3 Å². The summed E-state index contributed by atoms with van der Waals surface area (Å²) in [5.41, 5.74) is 2.53. The van der Waals surface area contributed by atoms with Gasteiger partial charge in [0.25, 0.3) is 0 Å². The third-order valence-corrected chi connectivity index (χ3v) is 7.36. The SMILES string of the molecule is CCCCCCCCCCCCCc1cnc(-c2ccc(C(=O)Oc3ccc(C(=O)OC(C)C(=O)OCC)cc3)cc2)nc1. The van der Waals surface area contributed by atoms with Crippen molar-refractivity contribution in [3.8, 4) is 17.1 Å². The molecular formula is C36H46N2O6. The number of hydrogen-bond acceptors (Lipinski definition) is 8. The Balaban J connectivity index is 1.39. The second-order valence-electron chi connectivity index (χ2n) is 11.0. The van der Waals surface area contributed by atoms with Crippen LogP contribution in [0.3, 0.4) is 0 Å². The van der Waals surface area contributed by atoms with Gasteiger partial charge in [-0.25, -0.2) is 24.4 Å². The molecule has 0 bridgehead atoms. The first-order valence-electron chi connectivity index (χ1n) is 16.0. The maximum Gasteiger partial charge on any atom is 0.347 e. The summed E-state index contributed by atoms with van der Waals surface area (Å²) in [6.07, 6.45) is 18.3. The van der Waals surface area contributed by atoms with Gasteiger partial charge in [-0.15, -0.1) is 0 Å². The van der Waals surface area contributed by atoms with Crippen LogP contribution in [-0.2, 0) is 20.7 Å². The van der Waals surface area contributed by atoms with Gasteiger partial charge >= 0.3 is 17.9 Å². The van der Waals surface area contributed by atoms with Gasteiger partial charge in [0.15, 0.2) is 11.9 Å². The van der Waals surface area contributed by atoms with Crippen LogP contribution < -0.4 is 4.74 Å². The zero-order valence-corrected chi connectivity index (χ0v) is 26.4. The predicted molar refractivity (Wildman–Crippen MR) is 171 cm³/mol. The van der Waals surface area contributed by atoms with Crippen molar-refractivity contribution in [3.63, 3.8) is 0 Å². The van der Waals surface area contributed by atoms with Gasteiger partial charge in [-0.3, -0.25) is 0 Å². The molecule has 8 nitrogen and oxygen atoms in total. The fourth-order valence-electron chi connectivity index (χ4n) is 4.74. The average molecular weight is 603 g/mol. The summed E-state index contributed by atoms with van der Waals surface area (Å²) in [6.45, 7) is 5.58. The molecule has 1 heterocycles. The van der Waals surface area contributed by atoms with E-state index in [1.807, 2.05) is 12.4 Å².